The van der Waals surface area contributed by atoms with Crippen molar-refractivity contribution in [3.8, 4) is 16.4 Å². The predicted molar refractivity (Wildman–Crippen MR) is 121 cm³/mol. The molecule has 9 heteroatoms. The number of carbonyl (C=O) groups is 2. The number of Topliss-reactive ketones (excluding diaryl/α,β-unsaturated/α-hetero) is 1. The second kappa shape index (κ2) is 8.91. The van der Waals surface area contributed by atoms with E-state index in [0.717, 1.165) is 22.0 Å². The van der Waals surface area contributed by atoms with E-state index in [1.165, 1.54) is 18.9 Å². The fourth-order valence-electron chi connectivity index (χ4n) is 3.35. The minimum absolute atomic E-state index is 0.0120. The van der Waals surface area contributed by atoms with Crippen LogP contribution in [-0.4, -0.2) is 44.4 Å². The molecule has 1 aromatic carbocycles. The third kappa shape index (κ3) is 4.33. The third-order valence-electron chi connectivity index (χ3n) is 4.83. The van der Waals surface area contributed by atoms with Crippen LogP contribution in [0, 0.1) is 13.8 Å². The molecule has 0 spiro atoms. The Bertz CT molecular complexity index is 1220. The smallest absolute Gasteiger partial charge is 0.337 e. The number of aromatic amines is 1. The van der Waals surface area contributed by atoms with Gasteiger partial charge in [-0.15, -0.1) is 16.4 Å². The fraction of sp³-hybridized carbons (Fsp3) is 0.182. The molecule has 158 valence electrons. The molecule has 3 aromatic heterocycles. The van der Waals surface area contributed by atoms with Gasteiger partial charge in [0.05, 0.1) is 23.3 Å². The second-order valence-corrected chi connectivity index (χ2v) is 8.70. The van der Waals surface area contributed by atoms with Crippen LogP contribution < -0.4 is 0 Å². The van der Waals surface area contributed by atoms with Crippen LogP contribution in [0.3, 0.4) is 0 Å². The van der Waals surface area contributed by atoms with Crippen molar-refractivity contribution < 1.29 is 14.3 Å². The van der Waals surface area contributed by atoms with Crippen LogP contribution in [0.2, 0.25) is 0 Å². The van der Waals surface area contributed by atoms with Crippen molar-refractivity contribution in [2.45, 2.75) is 19.0 Å². The Kier molecular flexibility index (Phi) is 6.06. The molecule has 0 saturated heterocycles. The van der Waals surface area contributed by atoms with Crippen LogP contribution in [0.4, 0.5) is 0 Å². The molecular formula is C22H20N4O3S2. The maximum absolute atomic E-state index is 12.9. The maximum Gasteiger partial charge on any atom is 0.337 e. The predicted octanol–water partition coefficient (Wildman–Crippen LogP) is 4.70. The number of carbonyl (C=O) groups excluding carboxylic acids is 2. The summed E-state index contributed by atoms with van der Waals surface area (Å²) < 4.78 is 6.75. The molecule has 7 nitrogen and oxygen atoms in total. The van der Waals surface area contributed by atoms with Crippen LogP contribution >= 0.6 is 23.1 Å². The number of aromatic nitrogens is 4. The van der Waals surface area contributed by atoms with Gasteiger partial charge in [0.25, 0.3) is 0 Å². The van der Waals surface area contributed by atoms with Gasteiger partial charge in [0.1, 0.15) is 0 Å². The lowest BCUT2D eigenvalue weighted by atomic mass is 10.2. The quantitative estimate of drug-likeness (QED) is 0.248. The van der Waals surface area contributed by atoms with Gasteiger partial charge in [0, 0.05) is 22.6 Å². The van der Waals surface area contributed by atoms with Crippen LogP contribution in [0.5, 0.6) is 0 Å². The molecule has 0 bridgehead atoms. The summed E-state index contributed by atoms with van der Waals surface area (Å²) in [5.41, 5.74) is 3.81. The zero-order valence-corrected chi connectivity index (χ0v) is 18.8. The van der Waals surface area contributed by atoms with E-state index in [9.17, 15) is 9.59 Å². The molecule has 0 aliphatic carbocycles. The zero-order chi connectivity index (χ0) is 22.0. The normalized spacial score (nSPS) is 10.9. The van der Waals surface area contributed by atoms with E-state index < -0.39 is 0 Å². The molecule has 0 unspecified atom stereocenters. The average molecular weight is 453 g/mol. The van der Waals surface area contributed by atoms with E-state index in [1.807, 2.05) is 54.1 Å². The Balaban J connectivity index is 1.49. The molecule has 0 atom stereocenters. The molecule has 0 aliphatic rings. The number of esters is 1. The number of nitrogens with one attached hydrogen (secondary N) is 1. The van der Waals surface area contributed by atoms with E-state index in [0.29, 0.717) is 22.1 Å². The molecule has 31 heavy (non-hydrogen) atoms. The highest BCUT2D eigenvalue weighted by atomic mass is 32.2. The number of thioether (sulfide) groups is 1. The van der Waals surface area contributed by atoms with E-state index in [2.05, 4.69) is 15.2 Å². The summed E-state index contributed by atoms with van der Waals surface area (Å²) in [6, 6.07) is 12.9. The maximum atomic E-state index is 12.9. The van der Waals surface area contributed by atoms with Gasteiger partial charge in [0.2, 0.25) is 5.16 Å². The number of hydrogen-bond acceptors (Lipinski definition) is 7. The molecule has 4 aromatic rings. The molecular weight excluding hydrogens is 432 g/mol. The zero-order valence-electron chi connectivity index (χ0n) is 17.2. The minimum Gasteiger partial charge on any atom is -0.465 e. The number of thiophene rings is 1. The SMILES string of the molecule is COC(=O)c1ccc(-n2c(C)cc(C(=O)CSc3n[nH]c(-c4cccs4)n3)c2C)cc1. The number of benzene rings is 1. The van der Waals surface area contributed by atoms with Gasteiger partial charge in [-0.05, 0) is 55.6 Å². The largest absolute Gasteiger partial charge is 0.465 e. The number of H-pyrrole nitrogens is 1. The summed E-state index contributed by atoms with van der Waals surface area (Å²) in [6.45, 7) is 3.87. The van der Waals surface area contributed by atoms with Crippen LogP contribution in [0.25, 0.3) is 16.4 Å². The first kappa shape index (κ1) is 21.1. The van der Waals surface area contributed by atoms with Crippen molar-refractivity contribution in [1.29, 1.82) is 0 Å². The highest BCUT2D eigenvalue weighted by Crippen LogP contribution is 2.26. The number of hydrogen-bond donors (Lipinski definition) is 1. The highest BCUT2D eigenvalue weighted by molar-refractivity contribution is 7.99. The molecule has 0 fully saturated rings. The molecule has 1 N–H and O–H groups in total. The monoisotopic (exact) mass is 452 g/mol. The summed E-state index contributed by atoms with van der Waals surface area (Å²) in [5.74, 6) is 0.582. The van der Waals surface area contributed by atoms with Crippen molar-refractivity contribution in [3.05, 3.63) is 70.4 Å². The Labute approximate surface area is 187 Å². The summed E-state index contributed by atoms with van der Waals surface area (Å²) in [6.07, 6.45) is 0. The van der Waals surface area contributed by atoms with Gasteiger partial charge in [-0.1, -0.05) is 17.8 Å². The first-order valence-corrected chi connectivity index (χ1v) is 11.3. The minimum atomic E-state index is -0.380. The van der Waals surface area contributed by atoms with E-state index in [4.69, 9.17) is 4.74 Å². The lowest BCUT2D eigenvalue weighted by Crippen LogP contribution is -2.06. The highest BCUT2D eigenvalue weighted by Gasteiger charge is 2.18. The molecule has 3 heterocycles. The van der Waals surface area contributed by atoms with Crippen molar-refractivity contribution in [3.63, 3.8) is 0 Å². The summed E-state index contributed by atoms with van der Waals surface area (Å²) >= 11 is 2.89. The van der Waals surface area contributed by atoms with Crippen LogP contribution in [0.15, 0.2) is 53.0 Å². The van der Waals surface area contributed by atoms with Crippen molar-refractivity contribution in [2.24, 2.45) is 0 Å². The first-order chi connectivity index (χ1) is 15.0. The summed E-state index contributed by atoms with van der Waals surface area (Å²) in [4.78, 5) is 30.0. The molecule has 0 saturated carbocycles. The Morgan fingerprint density at radius 1 is 1.19 bits per heavy atom. The Morgan fingerprint density at radius 2 is 1.97 bits per heavy atom. The van der Waals surface area contributed by atoms with Gasteiger partial charge < -0.3 is 9.30 Å². The van der Waals surface area contributed by atoms with Crippen LogP contribution in [0.1, 0.15) is 32.1 Å². The summed E-state index contributed by atoms with van der Waals surface area (Å²) in [5, 5.41) is 9.64. The number of ether oxygens (including phenoxy) is 1. The Hall–Kier alpha value is -3.17. The molecule has 0 amide bonds. The Morgan fingerprint density at radius 3 is 2.65 bits per heavy atom. The van der Waals surface area contributed by atoms with Crippen molar-refractivity contribution >= 4 is 34.9 Å². The average Bonchev–Trinajstić information content (AvgIpc) is 3.52. The van der Waals surface area contributed by atoms with Gasteiger partial charge in [-0.3, -0.25) is 9.89 Å². The number of nitrogens with zero attached hydrogens (tertiary/aromatic N) is 3. The van der Waals surface area contributed by atoms with E-state index in [1.54, 1.807) is 23.5 Å². The topological polar surface area (TPSA) is 89.9 Å². The molecule has 0 aliphatic heterocycles. The molecule has 4 rings (SSSR count). The van der Waals surface area contributed by atoms with E-state index >= 15 is 0 Å². The standard InChI is InChI=1S/C22H20N4O3S2/c1-13-11-17(14(2)26(13)16-8-6-15(7-9-16)21(28)29-3)18(27)12-31-22-23-20(24-25-22)19-5-4-10-30-19/h4-11H,12H2,1-3H3,(H,23,24,25). The van der Waals surface area contributed by atoms with Crippen LogP contribution in [-0.2, 0) is 4.74 Å². The lowest BCUT2D eigenvalue weighted by molar-refractivity contribution is 0.0600. The fourth-order valence-corrected chi connectivity index (χ4v) is 4.69. The lowest BCUT2D eigenvalue weighted by Gasteiger charge is -2.10. The number of rotatable bonds is 7. The first-order valence-electron chi connectivity index (χ1n) is 9.48. The van der Waals surface area contributed by atoms with Crippen molar-refractivity contribution in [2.75, 3.05) is 12.9 Å². The molecule has 0 radical (unpaired) electrons. The number of methoxy groups -OCH3 is 1. The third-order valence-corrected chi connectivity index (χ3v) is 6.55. The van der Waals surface area contributed by atoms with Gasteiger partial charge in [-0.25, -0.2) is 9.78 Å². The van der Waals surface area contributed by atoms with Gasteiger partial charge >= 0.3 is 5.97 Å². The van der Waals surface area contributed by atoms with Gasteiger partial charge in [0.15, 0.2) is 11.6 Å². The second-order valence-electron chi connectivity index (χ2n) is 6.81. The van der Waals surface area contributed by atoms with Gasteiger partial charge in [-0.2, -0.15) is 0 Å². The van der Waals surface area contributed by atoms with E-state index in [-0.39, 0.29) is 17.5 Å². The summed E-state index contributed by atoms with van der Waals surface area (Å²) in [7, 11) is 1.36. The number of aryl methyl sites for hydroxylation is 1. The number of ketones is 1. The van der Waals surface area contributed by atoms with Crippen molar-refractivity contribution in [1.82, 2.24) is 19.7 Å².